The van der Waals surface area contributed by atoms with Crippen molar-refractivity contribution < 1.29 is 9.50 Å². The Bertz CT molecular complexity index is 138. The van der Waals surface area contributed by atoms with E-state index < -0.39 is 12.8 Å². The first kappa shape index (κ1) is 8.94. The molecule has 2 atom stereocenters. The summed E-state index contributed by atoms with van der Waals surface area (Å²) in [6.45, 7) is 4.05. The summed E-state index contributed by atoms with van der Waals surface area (Å²) in [5.74, 6) is 0. The molecule has 2 nitrogen and oxygen atoms in total. The molecule has 1 aliphatic rings. The van der Waals surface area contributed by atoms with Crippen LogP contribution in [0.5, 0.6) is 0 Å². The van der Waals surface area contributed by atoms with Gasteiger partial charge in [0.2, 0.25) is 0 Å². The van der Waals surface area contributed by atoms with Gasteiger partial charge in [-0.1, -0.05) is 13.8 Å². The van der Waals surface area contributed by atoms with Crippen molar-refractivity contribution in [3.63, 3.8) is 0 Å². The Morgan fingerprint density at radius 2 is 2.27 bits per heavy atom. The summed E-state index contributed by atoms with van der Waals surface area (Å²) >= 11 is 0. The number of hydrogen-bond donors (Lipinski definition) is 2. The summed E-state index contributed by atoms with van der Waals surface area (Å²) in [5.41, 5.74) is 0.357. The second-order valence-electron chi connectivity index (χ2n) is 3.96. The average molecular weight is 161 g/mol. The monoisotopic (exact) mass is 161 g/mol. The summed E-state index contributed by atoms with van der Waals surface area (Å²) in [5, 5.41) is 12.0. The SMILES string of the molecule is CC1(C)CC1NCC(O)CF. The van der Waals surface area contributed by atoms with Crippen LogP contribution in [-0.4, -0.2) is 30.5 Å². The number of hydrogen-bond acceptors (Lipinski definition) is 2. The van der Waals surface area contributed by atoms with Gasteiger partial charge in [-0.3, -0.25) is 0 Å². The van der Waals surface area contributed by atoms with Gasteiger partial charge in [0.05, 0.1) is 6.10 Å². The van der Waals surface area contributed by atoms with Crippen molar-refractivity contribution >= 4 is 0 Å². The lowest BCUT2D eigenvalue weighted by molar-refractivity contribution is 0.136. The van der Waals surface area contributed by atoms with Crippen molar-refractivity contribution in [2.45, 2.75) is 32.4 Å². The fourth-order valence-corrected chi connectivity index (χ4v) is 1.15. The Hall–Kier alpha value is -0.150. The van der Waals surface area contributed by atoms with Gasteiger partial charge in [0.15, 0.2) is 0 Å². The third-order valence-electron chi connectivity index (χ3n) is 2.29. The molecule has 2 unspecified atom stereocenters. The molecule has 1 aliphatic carbocycles. The number of nitrogens with one attached hydrogen (secondary N) is 1. The van der Waals surface area contributed by atoms with Crippen LogP contribution in [0.15, 0.2) is 0 Å². The molecule has 0 bridgehead atoms. The first-order valence-electron chi connectivity index (χ1n) is 4.03. The minimum Gasteiger partial charge on any atom is -0.389 e. The van der Waals surface area contributed by atoms with Crippen LogP contribution in [0.25, 0.3) is 0 Å². The van der Waals surface area contributed by atoms with Crippen molar-refractivity contribution in [2.24, 2.45) is 5.41 Å². The van der Waals surface area contributed by atoms with E-state index in [9.17, 15) is 4.39 Å². The molecule has 3 heteroatoms. The largest absolute Gasteiger partial charge is 0.389 e. The van der Waals surface area contributed by atoms with Crippen LogP contribution in [0, 0.1) is 5.41 Å². The minimum absolute atomic E-state index is 0.357. The van der Waals surface area contributed by atoms with Crippen LogP contribution in [0.2, 0.25) is 0 Å². The lowest BCUT2D eigenvalue weighted by Crippen LogP contribution is -2.31. The third kappa shape index (κ3) is 2.42. The number of rotatable bonds is 4. The fourth-order valence-electron chi connectivity index (χ4n) is 1.15. The van der Waals surface area contributed by atoms with E-state index in [1.54, 1.807) is 0 Å². The molecule has 2 N–H and O–H groups in total. The molecular formula is C8H16FNO. The first-order valence-corrected chi connectivity index (χ1v) is 4.03. The molecule has 0 saturated heterocycles. The van der Waals surface area contributed by atoms with Gasteiger partial charge in [-0.25, -0.2) is 4.39 Å². The van der Waals surface area contributed by atoms with Crippen LogP contribution in [0.3, 0.4) is 0 Å². The molecule has 0 radical (unpaired) electrons. The van der Waals surface area contributed by atoms with Gasteiger partial charge in [0.25, 0.3) is 0 Å². The van der Waals surface area contributed by atoms with Crippen molar-refractivity contribution in [2.75, 3.05) is 13.2 Å². The summed E-state index contributed by atoms with van der Waals surface area (Å²) in [4.78, 5) is 0. The standard InChI is InChI=1S/C8H16FNO/c1-8(2)3-7(8)10-5-6(11)4-9/h6-7,10-11H,3-5H2,1-2H3. The zero-order chi connectivity index (χ0) is 8.48. The third-order valence-corrected chi connectivity index (χ3v) is 2.29. The molecule has 0 aromatic carbocycles. The predicted molar refractivity (Wildman–Crippen MR) is 42.2 cm³/mol. The van der Waals surface area contributed by atoms with Crippen LogP contribution >= 0.6 is 0 Å². The first-order chi connectivity index (χ1) is 5.06. The van der Waals surface area contributed by atoms with Crippen LogP contribution < -0.4 is 5.32 Å². The zero-order valence-corrected chi connectivity index (χ0v) is 7.10. The molecule has 0 aromatic rings. The molecule has 11 heavy (non-hydrogen) atoms. The summed E-state index contributed by atoms with van der Waals surface area (Å²) in [7, 11) is 0. The lowest BCUT2D eigenvalue weighted by atomic mass is 10.2. The van der Waals surface area contributed by atoms with Gasteiger partial charge >= 0.3 is 0 Å². The van der Waals surface area contributed by atoms with Crippen LogP contribution in [-0.2, 0) is 0 Å². The number of aliphatic hydroxyl groups excluding tert-OH is 1. The molecule has 0 aromatic heterocycles. The van der Waals surface area contributed by atoms with E-state index in [2.05, 4.69) is 19.2 Å². The number of aliphatic hydroxyl groups is 1. The average Bonchev–Trinajstić information content (AvgIpc) is 2.54. The molecular weight excluding hydrogens is 145 g/mol. The summed E-state index contributed by atoms with van der Waals surface area (Å²) in [6, 6.07) is 0.476. The van der Waals surface area contributed by atoms with E-state index in [1.165, 1.54) is 0 Å². The van der Waals surface area contributed by atoms with E-state index in [0.29, 0.717) is 18.0 Å². The Balaban J connectivity index is 2.06. The van der Waals surface area contributed by atoms with E-state index in [-0.39, 0.29) is 0 Å². The summed E-state index contributed by atoms with van der Waals surface area (Å²) in [6.07, 6.45) is 0.304. The second-order valence-corrected chi connectivity index (χ2v) is 3.96. The highest BCUT2D eigenvalue weighted by Gasteiger charge is 2.45. The minimum atomic E-state index is -0.827. The quantitative estimate of drug-likeness (QED) is 0.636. The molecule has 0 amide bonds. The highest BCUT2D eigenvalue weighted by atomic mass is 19.1. The van der Waals surface area contributed by atoms with E-state index in [0.717, 1.165) is 6.42 Å². The Morgan fingerprint density at radius 1 is 1.73 bits per heavy atom. The van der Waals surface area contributed by atoms with Crippen LogP contribution in [0.1, 0.15) is 20.3 Å². The maximum atomic E-state index is 11.8. The van der Waals surface area contributed by atoms with Crippen molar-refractivity contribution in [1.82, 2.24) is 5.32 Å². The zero-order valence-electron chi connectivity index (χ0n) is 7.10. The van der Waals surface area contributed by atoms with Gasteiger partial charge in [-0.2, -0.15) is 0 Å². The normalized spacial score (nSPS) is 30.0. The smallest absolute Gasteiger partial charge is 0.117 e. The van der Waals surface area contributed by atoms with Crippen molar-refractivity contribution in [3.05, 3.63) is 0 Å². The summed E-state index contributed by atoms with van der Waals surface area (Å²) < 4.78 is 11.8. The maximum Gasteiger partial charge on any atom is 0.117 e. The van der Waals surface area contributed by atoms with Crippen molar-refractivity contribution in [1.29, 1.82) is 0 Å². The maximum absolute atomic E-state index is 11.8. The van der Waals surface area contributed by atoms with Crippen molar-refractivity contribution in [3.8, 4) is 0 Å². The van der Waals surface area contributed by atoms with Gasteiger partial charge in [-0.15, -0.1) is 0 Å². The van der Waals surface area contributed by atoms with E-state index in [1.807, 2.05) is 0 Å². The molecule has 0 spiro atoms. The molecule has 1 rings (SSSR count). The highest BCUT2D eigenvalue weighted by Crippen LogP contribution is 2.44. The Morgan fingerprint density at radius 3 is 2.64 bits per heavy atom. The number of alkyl halides is 1. The fraction of sp³-hybridized carbons (Fsp3) is 1.00. The molecule has 66 valence electrons. The topological polar surface area (TPSA) is 32.3 Å². The molecule has 0 heterocycles. The highest BCUT2D eigenvalue weighted by molar-refractivity contribution is 5.01. The second kappa shape index (κ2) is 3.07. The number of halogens is 1. The van der Waals surface area contributed by atoms with Gasteiger partial charge in [0.1, 0.15) is 6.67 Å². The van der Waals surface area contributed by atoms with Gasteiger partial charge in [0, 0.05) is 12.6 Å². The molecule has 1 saturated carbocycles. The Labute approximate surface area is 66.8 Å². The van der Waals surface area contributed by atoms with Gasteiger partial charge in [-0.05, 0) is 11.8 Å². The van der Waals surface area contributed by atoms with E-state index in [4.69, 9.17) is 5.11 Å². The van der Waals surface area contributed by atoms with Gasteiger partial charge < -0.3 is 10.4 Å². The van der Waals surface area contributed by atoms with Crippen LogP contribution in [0.4, 0.5) is 4.39 Å². The predicted octanol–water partition coefficient (Wildman–Crippen LogP) is 0.705. The molecule has 1 fully saturated rings. The van der Waals surface area contributed by atoms with E-state index >= 15 is 0 Å². The Kier molecular flexibility index (Phi) is 2.50. The molecule has 0 aliphatic heterocycles. The lowest BCUT2D eigenvalue weighted by Gasteiger charge is -2.08.